The number of hydrogen-bond acceptors (Lipinski definition) is 5. The van der Waals surface area contributed by atoms with E-state index in [2.05, 4.69) is 22.9 Å². The minimum Gasteiger partial charge on any atom is -0.481 e. The van der Waals surface area contributed by atoms with E-state index < -0.39 is 5.97 Å². The van der Waals surface area contributed by atoms with Gasteiger partial charge in [0.15, 0.2) is 0 Å². The van der Waals surface area contributed by atoms with Crippen molar-refractivity contribution in [1.29, 1.82) is 0 Å². The van der Waals surface area contributed by atoms with Crippen LogP contribution in [0.25, 0.3) is 0 Å². The Kier molecular flexibility index (Phi) is 7.26. The third-order valence-corrected chi connectivity index (χ3v) is 6.88. The Morgan fingerprint density at radius 1 is 1.19 bits per heavy atom. The Bertz CT molecular complexity index is 614. The van der Waals surface area contributed by atoms with Crippen molar-refractivity contribution >= 4 is 23.2 Å². The van der Waals surface area contributed by atoms with Gasteiger partial charge in [0.05, 0.1) is 0 Å². The number of piperidine rings is 1. The second-order valence-corrected chi connectivity index (χ2v) is 8.84. The van der Waals surface area contributed by atoms with E-state index in [0.717, 1.165) is 45.6 Å². The van der Waals surface area contributed by atoms with Crippen molar-refractivity contribution in [3.63, 3.8) is 0 Å². The lowest BCUT2D eigenvalue weighted by atomic mass is 9.86. The maximum Gasteiger partial charge on any atom is 0.303 e. The number of thiophene rings is 1. The molecule has 1 N–H and O–H groups in total. The van der Waals surface area contributed by atoms with Gasteiger partial charge in [0.25, 0.3) is 0 Å². The number of aliphatic carboxylic acids is 1. The molecule has 3 rings (SSSR count). The van der Waals surface area contributed by atoms with E-state index in [9.17, 15) is 9.59 Å². The van der Waals surface area contributed by atoms with Crippen molar-refractivity contribution in [1.82, 2.24) is 14.7 Å². The number of nitrogens with zero attached hydrogens (tertiary/aromatic N) is 3. The van der Waals surface area contributed by atoms with Crippen LogP contribution in [0.2, 0.25) is 0 Å². The fourth-order valence-corrected chi connectivity index (χ4v) is 5.03. The van der Waals surface area contributed by atoms with Gasteiger partial charge in [-0.1, -0.05) is 6.07 Å². The number of hydrogen-bond donors (Lipinski definition) is 1. The normalized spacial score (nSPS) is 24.9. The van der Waals surface area contributed by atoms with E-state index in [-0.39, 0.29) is 18.2 Å². The topological polar surface area (TPSA) is 64.1 Å². The second kappa shape index (κ2) is 9.66. The molecule has 0 spiro atoms. The second-order valence-electron chi connectivity index (χ2n) is 7.81. The highest BCUT2D eigenvalue weighted by molar-refractivity contribution is 7.09. The van der Waals surface area contributed by atoms with Gasteiger partial charge in [-0.2, -0.15) is 0 Å². The third kappa shape index (κ3) is 5.77. The highest BCUT2D eigenvalue weighted by Gasteiger charge is 2.35. The first-order chi connectivity index (χ1) is 13.0. The largest absolute Gasteiger partial charge is 0.481 e. The first kappa shape index (κ1) is 20.3. The first-order valence-corrected chi connectivity index (χ1v) is 10.9. The molecule has 0 bridgehead atoms. The lowest BCUT2D eigenvalue weighted by Gasteiger charge is -2.46. The van der Waals surface area contributed by atoms with Crippen LogP contribution in [0.5, 0.6) is 0 Å². The van der Waals surface area contributed by atoms with Crippen LogP contribution in [0.4, 0.5) is 0 Å². The van der Waals surface area contributed by atoms with Crippen LogP contribution in [0.15, 0.2) is 17.5 Å². The summed E-state index contributed by atoms with van der Waals surface area (Å²) in [7, 11) is 2.15. The molecule has 0 aliphatic carbocycles. The van der Waals surface area contributed by atoms with Gasteiger partial charge in [-0.3, -0.25) is 14.5 Å². The Balaban J connectivity index is 1.57. The van der Waals surface area contributed by atoms with Gasteiger partial charge >= 0.3 is 5.97 Å². The Labute approximate surface area is 165 Å². The lowest BCUT2D eigenvalue weighted by molar-refractivity contribution is -0.138. The van der Waals surface area contributed by atoms with Crippen molar-refractivity contribution in [2.45, 2.75) is 38.1 Å². The zero-order valence-electron chi connectivity index (χ0n) is 16.2. The van der Waals surface area contributed by atoms with E-state index in [1.165, 1.54) is 4.88 Å². The number of piperazine rings is 1. The molecular formula is C20H31N3O3S. The molecule has 2 saturated heterocycles. The molecule has 2 atom stereocenters. The minimum atomic E-state index is -0.742. The Morgan fingerprint density at radius 2 is 1.96 bits per heavy atom. The summed E-state index contributed by atoms with van der Waals surface area (Å²) in [6.45, 7) is 5.70. The number of carboxylic acid groups (broad SMARTS) is 1. The number of likely N-dealkylation sites (tertiary alicyclic amines) is 1. The molecule has 1 aromatic heterocycles. The number of amides is 1. The van der Waals surface area contributed by atoms with Crippen LogP contribution < -0.4 is 0 Å². The standard InChI is InChI=1S/C20H31N3O3S/c1-21-10-12-22(13-11-21)18-8-9-23(15-16(18)4-7-20(25)26)19(24)6-5-17-3-2-14-27-17/h2-3,14,16,18H,4-13,15H2,1H3,(H,25,26)/t16-,18+/m1/s1. The van der Waals surface area contributed by atoms with Gasteiger partial charge in [-0.15, -0.1) is 11.3 Å². The molecule has 6 nitrogen and oxygen atoms in total. The maximum absolute atomic E-state index is 12.7. The summed E-state index contributed by atoms with van der Waals surface area (Å²) in [5.74, 6) is -0.280. The Morgan fingerprint density at radius 3 is 2.63 bits per heavy atom. The molecule has 0 unspecified atom stereocenters. The van der Waals surface area contributed by atoms with Crippen molar-refractivity contribution < 1.29 is 14.7 Å². The number of carbonyl (C=O) groups is 2. The summed E-state index contributed by atoms with van der Waals surface area (Å²) in [5.41, 5.74) is 0. The van der Waals surface area contributed by atoms with Gasteiger partial charge < -0.3 is 14.9 Å². The summed E-state index contributed by atoms with van der Waals surface area (Å²) >= 11 is 1.70. The molecule has 0 radical (unpaired) electrons. The van der Waals surface area contributed by atoms with Crippen molar-refractivity contribution in [2.24, 2.45) is 5.92 Å². The van der Waals surface area contributed by atoms with Crippen molar-refractivity contribution in [3.8, 4) is 0 Å². The molecular weight excluding hydrogens is 362 g/mol. The summed E-state index contributed by atoms with van der Waals surface area (Å²) in [6, 6.07) is 4.50. The SMILES string of the molecule is CN1CCN([C@H]2CCN(C(=O)CCc3cccs3)C[C@H]2CCC(=O)O)CC1. The van der Waals surface area contributed by atoms with Crippen LogP contribution in [0, 0.1) is 5.92 Å². The van der Waals surface area contributed by atoms with Crippen LogP contribution in [0.3, 0.4) is 0 Å². The smallest absolute Gasteiger partial charge is 0.303 e. The van der Waals surface area contributed by atoms with Gasteiger partial charge in [0, 0.05) is 63.0 Å². The van der Waals surface area contributed by atoms with E-state index in [4.69, 9.17) is 5.11 Å². The summed E-state index contributed by atoms with van der Waals surface area (Å²) in [6.07, 6.45) is 3.14. The molecule has 3 heterocycles. The molecule has 2 fully saturated rings. The van der Waals surface area contributed by atoms with Gasteiger partial charge in [-0.25, -0.2) is 0 Å². The molecule has 150 valence electrons. The fourth-order valence-electron chi connectivity index (χ4n) is 4.32. The lowest BCUT2D eigenvalue weighted by Crippen LogP contribution is -2.57. The van der Waals surface area contributed by atoms with Crippen molar-refractivity contribution in [2.75, 3.05) is 46.3 Å². The molecule has 0 aromatic carbocycles. The van der Waals surface area contributed by atoms with Crippen LogP contribution in [-0.4, -0.2) is 84.0 Å². The summed E-state index contributed by atoms with van der Waals surface area (Å²) in [5, 5.41) is 11.2. The average molecular weight is 394 g/mol. The zero-order chi connectivity index (χ0) is 19.2. The third-order valence-electron chi connectivity index (χ3n) is 5.95. The van der Waals surface area contributed by atoms with Crippen LogP contribution in [-0.2, 0) is 16.0 Å². The number of rotatable bonds is 7. The fraction of sp³-hybridized carbons (Fsp3) is 0.700. The van der Waals surface area contributed by atoms with Gasteiger partial charge in [0.1, 0.15) is 0 Å². The number of carboxylic acids is 1. The van der Waals surface area contributed by atoms with E-state index in [1.54, 1.807) is 11.3 Å². The monoisotopic (exact) mass is 393 g/mol. The van der Waals surface area contributed by atoms with Crippen LogP contribution >= 0.6 is 11.3 Å². The van der Waals surface area contributed by atoms with Gasteiger partial charge in [0.2, 0.25) is 5.91 Å². The summed E-state index contributed by atoms with van der Waals surface area (Å²) < 4.78 is 0. The highest BCUT2D eigenvalue weighted by atomic mass is 32.1. The Hall–Kier alpha value is -1.44. The van der Waals surface area contributed by atoms with Crippen LogP contribution in [0.1, 0.15) is 30.6 Å². The predicted molar refractivity (Wildman–Crippen MR) is 107 cm³/mol. The molecule has 27 heavy (non-hydrogen) atoms. The first-order valence-electron chi connectivity index (χ1n) is 9.97. The predicted octanol–water partition coefficient (Wildman–Crippen LogP) is 2.01. The highest BCUT2D eigenvalue weighted by Crippen LogP contribution is 2.28. The van der Waals surface area contributed by atoms with E-state index in [1.807, 2.05) is 16.3 Å². The quantitative estimate of drug-likeness (QED) is 0.768. The number of likely N-dealkylation sites (N-methyl/N-ethyl adjacent to an activating group) is 1. The minimum absolute atomic E-state index is 0.187. The molecule has 2 aliphatic heterocycles. The molecule has 0 saturated carbocycles. The number of carbonyl (C=O) groups excluding carboxylic acids is 1. The molecule has 7 heteroatoms. The average Bonchev–Trinajstić information content (AvgIpc) is 3.18. The van der Waals surface area contributed by atoms with Crippen molar-refractivity contribution in [3.05, 3.63) is 22.4 Å². The molecule has 1 aromatic rings. The number of aryl methyl sites for hydroxylation is 1. The maximum atomic E-state index is 12.7. The molecule has 1 amide bonds. The van der Waals surface area contributed by atoms with E-state index in [0.29, 0.717) is 25.4 Å². The summed E-state index contributed by atoms with van der Waals surface area (Å²) in [4.78, 5) is 31.9. The zero-order valence-corrected chi connectivity index (χ0v) is 17.0. The van der Waals surface area contributed by atoms with Gasteiger partial charge in [-0.05, 0) is 43.7 Å². The molecule has 2 aliphatic rings. The van der Waals surface area contributed by atoms with E-state index >= 15 is 0 Å².